The number of esters is 1. The number of ether oxygens (including phenoxy) is 1. The first-order chi connectivity index (χ1) is 12.3. The van der Waals surface area contributed by atoms with Gasteiger partial charge < -0.3 is 10.1 Å². The monoisotopic (exact) mass is 353 g/mol. The first kappa shape index (κ1) is 17.2. The summed E-state index contributed by atoms with van der Waals surface area (Å²) in [6.07, 6.45) is 0. The maximum atomic E-state index is 11.6. The van der Waals surface area contributed by atoms with Crippen LogP contribution >= 0.6 is 11.8 Å². The number of anilines is 1. The van der Waals surface area contributed by atoms with Gasteiger partial charge in [-0.15, -0.1) is 0 Å². The predicted molar refractivity (Wildman–Crippen MR) is 101 cm³/mol. The Balaban J connectivity index is 1.81. The van der Waals surface area contributed by atoms with Crippen LogP contribution in [-0.2, 0) is 16.1 Å². The number of thioether (sulfide) groups is 1. The highest BCUT2D eigenvalue weighted by Gasteiger charge is 2.10. The molecule has 1 heterocycles. The molecule has 0 saturated carbocycles. The molecule has 0 aliphatic heterocycles. The highest BCUT2D eigenvalue weighted by atomic mass is 32.2. The van der Waals surface area contributed by atoms with Gasteiger partial charge in [-0.1, -0.05) is 54.2 Å². The molecular weight excluding hydrogens is 334 g/mol. The van der Waals surface area contributed by atoms with Gasteiger partial charge in [0.15, 0.2) is 5.16 Å². The van der Waals surface area contributed by atoms with E-state index in [1.807, 2.05) is 42.5 Å². The number of nitrogens with zero attached hydrogens (tertiary/aromatic N) is 2. The van der Waals surface area contributed by atoms with E-state index in [1.165, 1.54) is 17.3 Å². The number of hydrogen-bond donors (Lipinski definition) is 1. The van der Waals surface area contributed by atoms with Gasteiger partial charge in [0, 0.05) is 11.9 Å². The van der Waals surface area contributed by atoms with Crippen LogP contribution in [0, 0.1) is 0 Å². The minimum absolute atomic E-state index is 0.199. The maximum absolute atomic E-state index is 11.6. The van der Waals surface area contributed by atoms with Gasteiger partial charge in [0.2, 0.25) is 0 Å². The summed E-state index contributed by atoms with van der Waals surface area (Å²) in [7, 11) is 0. The summed E-state index contributed by atoms with van der Waals surface area (Å²) in [5, 5.41) is 4.89. The van der Waals surface area contributed by atoms with Crippen molar-refractivity contribution < 1.29 is 9.53 Å². The summed E-state index contributed by atoms with van der Waals surface area (Å²) in [5.41, 5.74) is 2.02. The van der Waals surface area contributed by atoms with Crippen molar-refractivity contribution in [1.29, 1.82) is 0 Å². The second-order valence-electron chi connectivity index (χ2n) is 5.30. The van der Waals surface area contributed by atoms with Gasteiger partial charge in [0.1, 0.15) is 5.82 Å². The number of rotatable bonds is 7. The van der Waals surface area contributed by atoms with Gasteiger partial charge in [-0.05, 0) is 24.6 Å². The molecule has 0 atom stereocenters. The van der Waals surface area contributed by atoms with E-state index in [0.717, 1.165) is 16.7 Å². The van der Waals surface area contributed by atoms with Crippen LogP contribution in [-0.4, -0.2) is 28.3 Å². The number of benzene rings is 2. The van der Waals surface area contributed by atoms with Gasteiger partial charge in [-0.2, -0.15) is 0 Å². The van der Waals surface area contributed by atoms with E-state index in [1.54, 1.807) is 6.92 Å². The Morgan fingerprint density at radius 3 is 2.64 bits per heavy atom. The molecule has 3 rings (SSSR count). The lowest BCUT2D eigenvalue weighted by Crippen LogP contribution is -2.08. The number of fused-ring (bicyclic) bond motifs is 1. The third-order valence-electron chi connectivity index (χ3n) is 3.51. The van der Waals surface area contributed by atoms with Crippen molar-refractivity contribution in [2.75, 3.05) is 17.7 Å². The fourth-order valence-corrected chi connectivity index (χ4v) is 3.01. The van der Waals surface area contributed by atoms with Gasteiger partial charge in [-0.3, -0.25) is 4.79 Å². The van der Waals surface area contributed by atoms with Crippen LogP contribution in [0.3, 0.4) is 0 Å². The fourth-order valence-electron chi connectivity index (χ4n) is 2.36. The minimum atomic E-state index is -0.261. The zero-order valence-electron chi connectivity index (χ0n) is 13.9. The quantitative estimate of drug-likeness (QED) is 0.395. The summed E-state index contributed by atoms with van der Waals surface area (Å²) in [5.74, 6) is 0.702. The molecule has 0 radical (unpaired) electrons. The number of para-hydroxylation sites is 1. The van der Waals surface area contributed by atoms with E-state index < -0.39 is 0 Å². The largest absolute Gasteiger partial charge is 0.465 e. The van der Waals surface area contributed by atoms with Crippen molar-refractivity contribution >= 4 is 34.5 Å². The third-order valence-corrected chi connectivity index (χ3v) is 4.33. The average Bonchev–Trinajstić information content (AvgIpc) is 2.65. The Kier molecular flexibility index (Phi) is 5.85. The van der Waals surface area contributed by atoms with Gasteiger partial charge in [0.05, 0.1) is 17.9 Å². The topological polar surface area (TPSA) is 64.1 Å². The van der Waals surface area contributed by atoms with Crippen LogP contribution in [0.15, 0.2) is 59.8 Å². The molecule has 0 aliphatic rings. The van der Waals surface area contributed by atoms with Crippen LogP contribution in [0.1, 0.15) is 12.5 Å². The standard InChI is InChI=1S/C19H19N3O2S/c1-2-24-17(23)13-25-19-21-16-11-7-6-10-15(16)18(22-19)20-12-14-8-4-3-5-9-14/h3-11H,2,12-13H2,1H3,(H,20,21,22). The number of carbonyl (C=O) groups is 1. The number of hydrogen-bond acceptors (Lipinski definition) is 6. The van der Waals surface area contributed by atoms with E-state index >= 15 is 0 Å². The minimum Gasteiger partial charge on any atom is -0.465 e. The zero-order chi connectivity index (χ0) is 17.5. The molecule has 1 N–H and O–H groups in total. The van der Waals surface area contributed by atoms with E-state index in [9.17, 15) is 4.79 Å². The van der Waals surface area contributed by atoms with Gasteiger partial charge >= 0.3 is 5.97 Å². The normalized spacial score (nSPS) is 10.6. The van der Waals surface area contributed by atoms with Gasteiger partial charge in [-0.25, -0.2) is 9.97 Å². The van der Waals surface area contributed by atoms with Crippen LogP contribution in [0.4, 0.5) is 5.82 Å². The SMILES string of the molecule is CCOC(=O)CSc1nc(NCc2ccccc2)c2ccccc2n1. The van der Waals surface area contributed by atoms with Crippen molar-refractivity contribution in [3.8, 4) is 0 Å². The van der Waals surface area contributed by atoms with Crippen LogP contribution in [0.2, 0.25) is 0 Å². The summed E-state index contributed by atoms with van der Waals surface area (Å²) >= 11 is 1.28. The van der Waals surface area contributed by atoms with Crippen LogP contribution in [0.25, 0.3) is 10.9 Å². The Labute approximate surface area is 150 Å². The fraction of sp³-hybridized carbons (Fsp3) is 0.211. The molecular formula is C19H19N3O2S. The lowest BCUT2D eigenvalue weighted by molar-refractivity contribution is -0.139. The molecule has 25 heavy (non-hydrogen) atoms. The van der Waals surface area contributed by atoms with E-state index in [4.69, 9.17) is 4.74 Å². The van der Waals surface area contributed by atoms with Crippen molar-refractivity contribution in [2.45, 2.75) is 18.6 Å². The Morgan fingerprint density at radius 2 is 1.84 bits per heavy atom. The second kappa shape index (κ2) is 8.48. The highest BCUT2D eigenvalue weighted by Crippen LogP contribution is 2.24. The molecule has 1 aromatic heterocycles. The highest BCUT2D eigenvalue weighted by molar-refractivity contribution is 7.99. The molecule has 0 aliphatic carbocycles. The van der Waals surface area contributed by atoms with Crippen LogP contribution < -0.4 is 5.32 Å². The van der Waals surface area contributed by atoms with Crippen molar-refractivity contribution in [1.82, 2.24) is 9.97 Å². The zero-order valence-corrected chi connectivity index (χ0v) is 14.8. The lowest BCUT2D eigenvalue weighted by atomic mass is 10.2. The number of nitrogens with one attached hydrogen (secondary N) is 1. The molecule has 0 unspecified atom stereocenters. The third kappa shape index (κ3) is 4.70. The van der Waals surface area contributed by atoms with Gasteiger partial charge in [0.25, 0.3) is 0 Å². The predicted octanol–water partition coefficient (Wildman–Crippen LogP) is 3.90. The van der Waals surface area contributed by atoms with E-state index in [2.05, 4.69) is 27.4 Å². The first-order valence-corrected chi connectivity index (χ1v) is 9.08. The second-order valence-corrected chi connectivity index (χ2v) is 6.25. The number of aromatic nitrogens is 2. The summed E-state index contributed by atoms with van der Waals surface area (Å²) in [6, 6.07) is 18.0. The first-order valence-electron chi connectivity index (χ1n) is 8.09. The maximum Gasteiger partial charge on any atom is 0.316 e. The van der Waals surface area contributed by atoms with Crippen molar-refractivity contribution in [3.63, 3.8) is 0 Å². The molecule has 0 amide bonds. The summed E-state index contributed by atoms with van der Waals surface area (Å²) in [4.78, 5) is 20.7. The molecule has 0 saturated heterocycles. The summed E-state index contributed by atoms with van der Waals surface area (Å²) < 4.78 is 4.96. The van der Waals surface area contributed by atoms with Crippen LogP contribution in [0.5, 0.6) is 0 Å². The molecule has 0 bridgehead atoms. The van der Waals surface area contributed by atoms with Crippen molar-refractivity contribution in [2.24, 2.45) is 0 Å². The molecule has 2 aromatic carbocycles. The molecule has 0 fully saturated rings. The Bertz CT molecular complexity index is 856. The Hall–Kier alpha value is -2.60. The Morgan fingerprint density at radius 1 is 1.08 bits per heavy atom. The smallest absolute Gasteiger partial charge is 0.316 e. The molecule has 128 valence electrons. The molecule has 5 nitrogen and oxygen atoms in total. The molecule has 0 spiro atoms. The molecule has 3 aromatic rings. The summed E-state index contributed by atoms with van der Waals surface area (Å²) in [6.45, 7) is 2.84. The average molecular weight is 353 g/mol. The lowest BCUT2D eigenvalue weighted by Gasteiger charge is -2.10. The number of carbonyl (C=O) groups excluding carboxylic acids is 1. The van der Waals surface area contributed by atoms with Crippen molar-refractivity contribution in [3.05, 3.63) is 60.2 Å². The van der Waals surface area contributed by atoms with E-state index in [0.29, 0.717) is 18.3 Å². The van der Waals surface area contributed by atoms with E-state index in [-0.39, 0.29) is 11.7 Å². The molecule has 6 heteroatoms.